The number of rotatable bonds is 2. The topological polar surface area (TPSA) is 72.4 Å². The number of hydrogen-bond acceptors (Lipinski definition) is 3. The Bertz CT molecular complexity index is 236. The maximum absolute atomic E-state index is 11.8. The van der Waals surface area contributed by atoms with Gasteiger partial charge in [-0.25, -0.2) is 0 Å². The third-order valence-corrected chi connectivity index (χ3v) is 3.75. The maximum Gasteiger partial charge on any atom is 0.223 e. The summed E-state index contributed by atoms with van der Waals surface area (Å²) in [6.07, 6.45) is 4.91. The number of carbonyl (C=O) groups excluding carboxylic acids is 1. The molecule has 4 N–H and O–H groups in total. The Morgan fingerprint density at radius 1 is 1.27 bits per heavy atom. The smallest absolute Gasteiger partial charge is 0.223 e. The van der Waals surface area contributed by atoms with E-state index in [1.54, 1.807) is 0 Å². The van der Waals surface area contributed by atoms with Crippen LogP contribution in [0.5, 0.6) is 0 Å². The van der Waals surface area contributed by atoms with Gasteiger partial charge in [0.05, 0.1) is 0 Å². The maximum atomic E-state index is 11.8. The van der Waals surface area contributed by atoms with Gasteiger partial charge in [-0.05, 0) is 38.1 Å². The molecule has 1 aliphatic heterocycles. The molecule has 1 atom stereocenters. The van der Waals surface area contributed by atoms with E-state index in [0.29, 0.717) is 36.9 Å². The van der Waals surface area contributed by atoms with Crippen molar-refractivity contribution in [2.75, 3.05) is 13.1 Å². The summed E-state index contributed by atoms with van der Waals surface area (Å²) in [6, 6.07) is 0.790. The summed E-state index contributed by atoms with van der Waals surface area (Å²) in [5, 5.41) is 0. The van der Waals surface area contributed by atoms with Gasteiger partial charge in [-0.3, -0.25) is 4.79 Å². The lowest BCUT2D eigenvalue weighted by molar-refractivity contribution is -0.130. The van der Waals surface area contributed by atoms with Gasteiger partial charge in [0, 0.05) is 25.0 Å². The number of hydrogen-bond donors (Lipinski definition) is 2. The van der Waals surface area contributed by atoms with Crippen molar-refractivity contribution < 1.29 is 4.79 Å². The van der Waals surface area contributed by atoms with Crippen molar-refractivity contribution in [3.05, 3.63) is 0 Å². The van der Waals surface area contributed by atoms with Crippen LogP contribution in [0.1, 0.15) is 32.1 Å². The highest BCUT2D eigenvalue weighted by atomic mass is 16.2. The molecule has 4 heteroatoms. The van der Waals surface area contributed by atoms with Crippen LogP contribution in [0.2, 0.25) is 0 Å². The van der Waals surface area contributed by atoms with Gasteiger partial charge < -0.3 is 16.4 Å². The van der Waals surface area contributed by atoms with Gasteiger partial charge in [-0.2, -0.15) is 0 Å². The SMILES string of the molecule is NCC1CC(=O)N(C2CCC(N)CC2)C1. The molecule has 1 unspecified atom stereocenters. The molecular formula is C11H21N3O. The highest BCUT2D eigenvalue weighted by Crippen LogP contribution is 2.27. The summed E-state index contributed by atoms with van der Waals surface area (Å²) in [5.74, 6) is 0.680. The van der Waals surface area contributed by atoms with Crippen LogP contribution in [0.25, 0.3) is 0 Å². The van der Waals surface area contributed by atoms with Crippen molar-refractivity contribution in [1.29, 1.82) is 0 Å². The summed E-state index contributed by atoms with van der Waals surface area (Å²) < 4.78 is 0. The third kappa shape index (κ3) is 2.32. The number of carbonyl (C=O) groups is 1. The molecule has 0 radical (unpaired) electrons. The molecule has 2 rings (SSSR count). The fourth-order valence-corrected chi connectivity index (χ4v) is 2.73. The largest absolute Gasteiger partial charge is 0.339 e. The van der Waals surface area contributed by atoms with Crippen molar-refractivity contribution in [2.24, 2.45) is 17.4 Å². The highest BCUT2D eigenvalue weighted by molar-refractivity contribution is 5.79. The van der Waals surface area contributed by atoms with Gasteiger partial charge in [-0.1, -0.05) is 0 Å². The lowest BCUT2D eigenvalue weighted by atomic mass is 9.91. The fraction of sp³-hybridized carbons (Fsp3) is 0.909. The first-order valence-corrected chi connectivity index (χ1v) is 5.96. The summed E-state index contributed by atoms with van der Waals surface area (Å²) in [4.78, 5) is 13.8. The first kappa shape index (κ1) is 10.9. The van der Waals surface area contributed by atoms with E-state index in [0.717, 1.165) is 32.2 Å². The second-order valence-corrected chi connectivity index (χ2v) is 4.92. The molecule has 0 aromatic heterocycles. The second kappa shape index (κ2) is 4.49. The molecule has 2 fully saturated rings. The zero-order chi connectivity index (χ0) is 10.8. The van der Waals surface area contributed by atoms with Gasteiger partial charge in [0.2, 0.25) is 5.91 Å². The molecule has 15 heavy (non-hydrogen) atoms. The van der Waals surface area contributed by atoms with Crippen LogP contribution >= 0.6 is 0 Å². The molecule has 0 aromatic carbocycles. The monoisotopic (exact) mass is 211 g/mol. The van der Waals surface area contributed by atoms with Crippen LogP contribution in [0.15, 0.2) is 0 Å². The Morgan fingerprint density at radius 3 is 2.47 bits per heavy atom. The van der Waals surface area contributed by atoms with Crippen molar-refractivity contribution in [3.8, 4) is 0 Å². The van der Waals surface area contributed by atoms with Gasteiger partial charge in [0.25, 0.3) is 0 Å². The van der Waals surface area contributed by atoms with E-state index in [-0.39, 0.29) is 0 Å². The molecule has 1 saturated heterocycles. The quantitative estimate of drug-likeness (QED) is 0.678. The predicted octanol–water partition coefficient (Wildman–Crippen LogP) is 0.0635. The first-order chi connectivity index (χ1) is 7.20. The van der Waals surface area contributed by atoms with Crippen molar-refractivity contribution in [2.45, 2.75) is 44.2 Å². The van der Waals surface area contributed by atoms with Gasteiger partial charge in [0.15, 0.2) is 0 Å². The van der Waals surface area contributed by atoms with E-state index in [1.807, 2.05) is 4.90 Å². The van der Waals surface area contributed by atoms with Crippen LogP contribution in [0, 0.1) is 5.92 Å². The van der Waals surface area contributed by atoms with Crippen LogP contribution in [0.4, 0.5) is 0 Å². The number of likely N-dealkylation sites (tertiary alicyclic amines) is 1. The van der Waals surface area contributed by atoms with E-state index >= 15 is 0 Å². The third-order valence-electron chi connectivity index (χ3n) is 3.75. The molecule has 1 heterocycles. The summed E-state index contributed by atoms with van der Waals surface area (Å²) >= 11 is 0. The lowest BCUT2D eigenvalue weighted by Gasteiger charge is -2.33. The predicted molar refractivity (Wildman–Crippen MR) is 59.1 cm³/mol. The molecule has 1 amide bonds. The van der Waals surface area contributed by atoms with Crippen LogP contribution in [-0.4, -0.2) is 36.0 Å². The Balaban J connectivity index is 1.91. The minimum absolute atomic E-state index is 0.297. The van der Waals surface area contributed by atoms with Crippen molar-refractivity contribution in [3.63, 3.8) is 0 Å². The molecule has 0 aromatic rings. The Labute approximate surface area is 91.0 Å². The Hall–Kier alpha value is -0.610. The first-order valence-electron chi connectivity index (χ1n) is 5.96. The molecular weight excluding hydrogens is 190 g/mol. The molecule has 1 aliphatic carbocycles. The molecule has 1 saturated carbocycles. The Kier molecular flexibility index (Phi) is 3.26. The minimum atomic E-state index is 0.297. The zero-order valence-electron chi connectivity index (χ0n) is 9.19. The molecule has 0 spiro atoms. The average Bonchev–Trinajstić information content (AvgIpc) is 2.61. The number of nitrogens with two attached hydrogens (primary N) is 2. The Morgan fingerprint density at radius 2 is 1.93 bits per heavy atom. The van der Waals surface area contributed by atoms with Gasteiger partial charge >= 0.3 is 0 Å². The average molecular weight is 211 g/mol. The van der Waals surface area contributed by atoms with Crippen molar-refractivity contribution in [1.82, 2.24) is 4.90 Å². The van der Waals surface area contributed by atoms with E-state index in [4.69, 9.17) is 11.5 Å². The van der Waals surface area contributed by atoms with E-state index < -0.39 is 0 Å². The summed E-state index contributed by atoms with van der Waals surface area (Å²) in [5.41, 5.74) is 11.5. The highest BCUT2D eigenvalue weighted by Gasteiger charge is 2.34. The van der Waals surface area contributed by atoms with Crippen LogP contribution < -0.4 is 11.5 Å². The minimum Gasteiger partial charge on any atom is -0.339 e. The van der Waals surface area contributed by atoms with Gasteiger partial charge in [0.1, 0.15) is 0 Å². The zero-order valence-corrected chi connectivity index (χ0v) is 9.19. The number of amides is 1. The normalized spacial score (nSPS) is 37.3. The van der Waals surface area contributed by atoms with Crippen molar-refractivity contribution >= 4 is 5.91 Å². The van der Waals surface area contributed by atoms with Crippen LogP contribution in [-0.2, 0) is 4.79 Å². The molecule has 0 bridgehead atoms. The molecule has 2 aliphatic rings. The fourth-order valence-electron chi connectivity index (χ4n) is 2.73. The summed E-state index contributed by atoms with van der Waals surface area (Å²) in [7, 11) is 0. The van der Waals surface area contributed by atoms with Crippen LogP contribution in [0.3, 0.4) is 0 Å². The van der Waals surface area contributed by atoms with E-state index in [1.165, 1.54) is 0 Å². The second-order valence-electron chi connectivity index (χ2n) is 4.92. The molecule has 4 nitrogen and oxygen atoms in total. The standard InChI is InChI=1S/C11H21N3O/c12-6-8-5-11(15)14(7-8)10-3-1-9(13)2-4-10/h8-10H,1-7,12-13H2. The van der Waals surface area contributed by atoms with E-state index in [2.05, 4.69) is 0 Å². The van der Waals surface area contributed by atoms with E-state index in [9.17, 15) is 4.79 Å². The molecule has 86 valence electrons. The summed E-state index contributed by atoms with van der Waals surface area (Å²) in [6.45, 7) is 1.50. The van der Waals surface area contributed by atoms with Gasteiger partial charge in [-0.15, -0.1) is 0 Å². The number of nitrogens with zero attached hydrogens (tertiary/aromatic N) is 1. The lowest BCUT2D eigenvalue weighted by Crippen LogP contribution is -2.41.